The first kappa shape index (κ1) is 15.4. The number of benzene rings is 2. The summed E-state index contributed by atoms with van der Waals surface area (Å²) in [6.07, 6.45) is 3.13. The van der Waals surface area contributed by atoms with Crippen LogP contribution in [0, 0.1) is 5.82 Å². The van der Waals surface area contributed by atoms with Crippen molar-refractivity contribution in [2.45, 2.75) is 0 Å². The standard InChI is InChI=1S/C17H15FN2O2/c1-2-11-22-16-6-4-3-5-14(16)12-19-20-17(21)13-7-9-15(18)10-8-13/h2-10,12H,1,11H2,(H,20,21)/b19-12-. The van der Waals surface area contributed by atoms with Gasteiger partial charge in [-0.3, -0.25) is 4.79 Å². The van der Waals surface area contributed by atoms with Crippen LogP contribution >= 0.6 is 0 Å². The molecule has 22 heavy (non-hydrogen) atoms. The molecule has 1 amide bonds. The average Bonchev–Trinajstić information content (AvgIpc) is 2.54. The number of amides is 1. The van der Waals surface area contributed by atoms with Gasteiger partial charge in [0.1, 0.15) is 18.2 Å². The molecule has 4 nitrogen and oxygen atoms in total. The van der Waals surface area contributed by atoms with Crippen LogP contribution in [0.25, 0.3) is 0 Å². The number of hydrazone groups is 1. The quantitative estimate of drug-likeness (QED) is 0.506. The minimum atomic E-state index is -0.416. The van der Waals surface area contributed by atoms with Gasteiger partial charge in [0.15, 0.2) is 0 Å². The van der Waals surface area contributed by atoms with Gasteiger partial charge in [-0.2, -0.15) is 5.10 Å². The number of para-hydroxylation sites is 1. The first-order valence-electron chi connectivity index (χ1n) is 6.62. The van der Waals surface area contributed by atoms with E-state index in [1.165, 1.54) is 30.5 Å². The van der Waals surface area contributed by atoms with Crippen molar-refractivity contribution in [3.8, 4) is 5.75 Å². The van der Waals surface area contributed by atoms with Crippen LogP contribution in [0.2, 0.25) is 0 Å². The molecule has 1 N–H and O–H groups in total. The third kappa shape index (κ3) is 4.28. The Kier molecular flexibility index (Phi) is 5.43. The predicted octanol–water partition coefficient (Wildman–Crippen LogP) is 3.15. The lowest BCUT2D eigenvalue weighted by atomic mass is 10.2. The van der Waals surface area contributed by atoms with Gasteiger partial charge in [-0.05, 0) is 36.4 Å². The first-order valence-corrected chi connectivity index (χ1v) is 6.62. The van der Waals surface area contributed by atoms with Gasteiger partial charge in [-0.25, -0.2) is 9.82 Å². The van der Waals surface area contributed by atoms with E-state index in [1.54, 1.807) is 12.1 Å². The maximum Gasteiger partial charge on any atom is 0.271 e. The third-order valence-electron chi connectivity index (χ3n) is 2.75. The molecule has 0 aromatic heterocycles. The zero-order chi connectivity index (χ0) is 15.8. The Morgan fingerprint density at radius 1 is 1.23 bits per heavy atom. The second kappa shape index (κ2) is 7.73. The van der Waals surface area contributed by atoms with Crippen molar-refractivity contribution in [1.82, 2.24) is 5.43 Å². The zero-order valence-electron chi connectivity index (χ0n) is 11.8. The highest BCUT2D eigenvalue weighted by molar-refractivity contribution is 5.95. The first-order chi connectivity index (χ1) is 10.7. The molecule has 0 unspecified atom stereocenters. The minimum absolute atomic E-state index is 0.328. The molecule has 2 aromatic carbocycles. The lowest BCUT2D eigenvalue weighted by Gasteiger charge is -2.06. The molecular formula is C17H15FN2O2. The van der Waals surface area contributed by atoms with Gasteiger partial charge in [0.2, 0.25) is 0 Å². The van der Waals surface area contributed by atoms with Crippen molar-refractivity contribution in [3.05, 3.63) is 78.1 Å². The number of rotatable bonds is 6. The highest BCUT2D eigenvalue weighted by Crippen LogP contribution is 2.15. The Hall–Kier alpha value is -2.95. The molecule has 0 saturated carbocycles. The topological polar surface area (TPSA) is 50.7 Å². The lowest BCUT2D eigenvalue weighted by Crippen LogP contribution is -2.17. The maximum absolute atomic E-state index is 12.8. The van der Waals surface area contributed by atoms with Gasteiger partial charge in [0, 0.05) is 11.1 Å². The summed E-state index contributed by atoms with van der Waals surface area (Å²) in [5.74, 6) is -0.170. The number of nitrogens with zero attached hydrogens (tertiary/aromatic N) is 1. The summed E-state index contributed by atoms with van der Waals surface area (Å²) in [6.45, 7) is 3.97. The maximum atomic E-state index is 12.8. The molecule has 0 aliphatic carbocycles. The zero-order valence-corrected chi connectivity index (χ0v) is 11.8. The van der Waals surface area contributed by atoms with Crippen LogP contribution in [-0.2, 0) is 0 Å². The summed E-state index contributed by atoms with van der Waals surface area (Å²) >= 11 is 0. The molecule has 0 atom stereocenters. The summed E-state index contributed by atoms with van der Waals surface area (Å²) in [4.78, 5) is 11.8. The molecule has 0 fully saturated rings. The van der Waals surface area contributed by atoms with E-state index in [-0.39, 0.29) is 0 Å². The number of carbonyl (C=O) groups excluding carboxylic acids is 1. The average molecular weight is 298 g/mol. The van der Waals surface area contributed by atoms with Gasteiger partial charge in [-0.15, -0.1) is 0 Å². The van der Waals surface area contributed by atoms with Gasteiger partial charge in [0.05, 0.1) is 6.21 Å². The van der Waals surface area contributed by atoms with Gasteiger partial charge in [0.25, 0.3) is 5.91 Å². The van der Waals surface area contributed by atoms with Crippen LogP contribution in [0.15, 0.2) is 66.3 Å². The fourth-order valence-electron chi connectivity index (χ4n) is 1.69. The Morgan fingerprint density at radius 3 is 2.68 bits per heavy atom. The summed E-state index contributed by atoms with van der Waals surface area (Å²) in [6, 6.07) is 12.5. The second-order valence-electron chi connectivity index (χ2n) is 4.34. The van der Waals surface area contributed by atoms with E-state index in [1.807, 2.05) is 18.2 Å². The van der Waals surface area contributed by atoms with Crippen molar-refractivity contribution in [3.63, 3.8) is 0 Å². The smallest absolute Gasteiger partial charge is 0.271 e. The van der Waals surface area contributed by atoms with Crippen LogP contribution in [0.3, 0.4) is 0 Å². The number of carbonyl (C=O) groups is 1. The molecule has 5 heteroatoms. The highest BCUT2D eigenvalue weighted by atomic mass is 19.1. The van der Waals surface area contributed by atoms with Crippen molar-refractivity contribution >= 4 is 12.1 Å². The Bertz CT molecular complexity index is 681. The van der Waals surface area contributed by atoms with Crippen LogP contribution in [0.5, 0.6) is 5.75 Å². The number of halogens is 1. The monoisotopic (exact) mass is 298 g/mol. The van der Waals surface area contributed by atoms with Crippen molar-refractivity contribution in [2.75, 3.05) is 6.61 Å². The Balaban J connectivity index is 2.01. The van der Waals surface area contributed by atoms with E-state index in [2.05, 4.69) is 17.1 Å². The summed E-state index contributed by atoms with van der Waals surface area (Å²) in [5, 5.41) is 3.88. The van der Waals surface area contributed by atoms with E-state index in [0.29, 0.717) is 17.9 Å². The summed E-state index contributed by atoms with van der Waals surface area (Å²) < 4.78 is 18.3. The van der Waals surface area contributed by atoms with E-state index in [9.17, 15) is 9.18 Å². The van der Waals surface area contributed by atoms with Crippen molar-refractivity contribution in [2.24, 2.45) is 5.10 Å². The number of hydrogen-bond donors (Lipinski definition) is 1. The molecule has 0 aliphatic rings. The molecule has 0 bridgehead atoms. The predicted molar refractivity (Wildman–Crippen MR) is 83.6 cm³/mol. The summed E-state index contributed by atoms with van der Waals surface area (Å²) in [7, 11) is 0. The number of nitrogens with one attached hydrogen (secondary N) is 1. The fraction of sp³-hybridized carbons (Fsp3) is 0.0588. The van der Waals surface area contributed by atoms with E-state index < -0.39 is 11.7 Å². The Labute approximate surface area is 127 Å². The van der Waals surface area contributed by atoms with Crippen LogP contribution in [0.4, 0.5) is 4.39 Å². The molecule has 2 aromatic rings. The van der Waals surface area contributed by atoms with Gasteiger partial charge >= 0.3 is 0 Å². The normalized spacial score (nSPS) is 10.4. The van der Waals surface area contributed by atoms with Crippen molar-refractivity contribution < 1.29 is 13.9 Å². The fourth-order valence-corrected chi connectivity index (χ4v) is 1.69. The molecule has 0 heterocycles. The molecule has 0 aliphatic heterocycles. The lowest BCUT2D eigenvalue weighted by molar-refractivity contribution is 0.0955. The van der Waals surface area contributed by atoms with E-state index in [0.717, 1.165) is 5.56 Å². The summed E-state index contributed by atoms with van der Waals surface area (Å²) in [5.41, 5.74) is 3.44. The van der Waals surface area contributed by atoms with E-state index >= 15 is 0 Å². The molecule has 112 valence electrons. The van der Waals surface area contributed by atoms with Gasteiger partial charge < -0.3 is 4.74 Å². The number of hydrogen-bond acceptors (Lipinski definition) is 3. The van der Waals surface area contributed by atoms with E-state index in [4.69, 9.17) is 4.74 Å². The number of ether oxygens (including phenoxy) is 1. The molecule has 0 saturated heterocycles. The molecule has 0 spiro atoms. The van der Waals surface area contributed by atoms with Crippen molar-refractivity contribution in [1.29, 1.82) is 0 Å². The second-order valence-corrected chi connectivity index (χ2v) is 4.34. The minimum Gasteiger partial charge on any atom is -0.489 e. The molecule has 2 rings (SSSR count). The van der Waals surface area contributed by atoms with Crippen LogP contribution in [-0.4, -0.2) is 18.7 Å². The Morgan fingerprint density at radius 2 is 1.95 bits per heavy atom. The highest BCUT2D eigenvalue weighted by Gasteiger charge is 2.04. The molecule has 0 radical (unpaired) electrons. The SMILES string of the molecule is C=CCOc1ccccc1/C=N\NC(=O)c1ccc(F)cc1. The van der Waals surface area contributed by atoms with Crippen LogP contribution in [0.1, 0.15) is 15.9 Å². The van der Waals surface area contributed by atoms with Crippen LogP contribution < -0.4 is 10.2 Å². The largest absolute Gasteiger partial charge is 0.489 e. The van der Waals surface area contributed by atoms with Gasteiger partial charge in [-0.1, -0.05) is 24.8 Å². The molecular weight excluding hydrogens is 283 g/mol. The third-order valence-corrected chi connectivity index (χ3v) is 2.75.